The third-order valence-electron chi connectivity index (χ3n) is 11.4. The lowest BCUT2D eigenvalue weighted by atomic mass is 9.80. The molecule has 6 nitrogen and oxygen atoms in total. The van der Waals surface area contributed by atoms with E-state index in [0.717, 1.165) is 49.3 Å². The van der Waals surface area contributed by atoms with Gasteiger partial charge in [-0.25, -0.2) is 4.85 Å². The summed E-state index contributed by atoms with van der Waals surface area (Å²) in [6.45, 7) is 12.6. The summed E-state index contributed by atoms with van der Waals surface area (Å²) in [6.07, 6.45) is 0. The number of hydrogen-bond acceptors (Lipinski definition) is 3. The Morgan fingerprint density at radius 3 is 1.82 bits per heavy atom. The molecule has 6 heteroatoms. The maximum Gasteiger partial charge on any atom is 0.188 e. The Bertz CT molecular complexity index is 3290. The molecule has 0 bridgehead atoms. The van der Waals surface area contributed by atoms with Crippen LogP contribution in [0.4, 0.5) is 5.69 Å². The zero-order valence-electron chi connectivity index (χ0n) is 29.9. The molecule has 254 valence electrons. The molecular weight excluding hydrogens is 673 g/mol. The Balaban J connectivity index is 1.40. The second kappa shape index (κ2) is 11.6. The van der Waals surface area contributed by atoms with Crippen molar-refractivity contribution in [3.05, 3.63) is 173 Å². The Morgan fingerprint density at radius 2 is 1.16 bits per heavy atom. The van der Waals surface area contributed by atoms with Crippen LogP contribution in [-0.2, 0) is 5.41 Å². The van der Waals surface area contributed by atoms with Crippen LogP contribution in [-0.4, -0.2) is 9.13 Å². The van der Waals surface area contributed by atoms with Crippen molar-refractivity contribution in [1.29, 1.82) is 15.8 Å². The molecule has 0 saturated carbocycles. The normalized spacial score (nSPS) is 12.6. The molecule has 0 unspecified atom stereocenters. The van der Waals surface area contributed by atoms with E-state index in [4.69, 9.17) is 6.57 Å². The standard InChI is InChI=1S/C49H28N6/c1-49(2)40-16-8-4-12-31(40)34-21-23-45-46(47(34)49)35-15-7-11-19-43(35)55(45)48-37(24-29(26-50)38(27-51)39(48)28-52)36-25-30(53-3)20-22-44(36)54-41-17-9-5-13-32(41)33-14-6-10-18-42(33)54/h4-25H,1-2H3. The molecule has 1 aliphatic rings. The first-order valence-electron chi connectivity index (χ1n) is 18.0. The van der Waals surface area contributed by atoms with Gasteiger partial charge < -0.3 is 9.13 Å². The van der Waals surface area contributed by atoms with Crippen LogP contribution in [0, 0.1) is 40.6 Å². The SMILES string of the molecule is [C-]#[N+]c1ccc(-n2c3ccccc3c3ccccc32)c(-c2cc(C#N)c(C#N)c(C#N)c2-n2c3ccccc3c3c4c(ccc32)-c2ccccc2C4(C)C)c1. The lowest BCUT2D eigenvalue weighted by molar-refractivity contribution is 0.666. The summed E-state index contributed by atoms with van der Waals surface area (Å²) in [5, 5.41) is 36.4. The number of benzene rings is 7. The minimum absolute atomic E-state index is 0.0170. The monoisotopic (exact) mass is 700 g/mol. The quantitative estimate of drug-likeness (QED) is 0.172. The maximum atomic E-state index is 11.1. The van der Waals surface area contributed by atoms with Gasteiger partial charge in [0.05, 0.1) is 56.7 Å². The van der Waals surface area contributed by atoms with Crippen LogP contribution in [0.25, 0.3) is 82.1 Å². The molecule has 0 atom stereocenters. The average molecular weight is 701 g/mol. The first kappa shape index (κ1) is 31.8. The smallest absolute Gasteiger partial charge is 0.188 e. The third-order valence-corrected chi connectivity index (χ3v) is 11.4. The number of aromatic nitrogens is 2. The summed E-state index contributed by atoms with van der Waals surface area (Å²) in [6, 6.07) is 51.6. The predicted molar refractivity (Wildman–Crippen MR) is 219 cm³/mol. The molecule has 7 aromatic carbocycles. The number of nitrogens with zero attached hydrogens (tertiary/aromatic N) is 6. The van der Waals surface area contributed by atoms with Gasteiger partial charge in [-0.15, -0.1) is 0 Å². The highest BCUT2D eigenvalue weighted by Gasteiger charge is 2.38. The fourth-order valence-corrected chi connectivity index (χ4v) is 9.18. The summed E-state index contributed by atoms with van der Waals surface area (Å²) in [7, 11) is 0. The van der Waals surface area contributed by atoms with E-state index in [1.807, 2.05) is 48.5 Å². The molecule has 0 saturated heterocycles. The van der Waals surface area contributed by atoms with Crippen molar-refractivity contribution in [2.45, 2.75) is 19.3 Å². The van der Waals surface area contributed by atoms with Crippen LogP contribution in [0.1, 0.15) is 41.7 Å². The highest BCUT2D eigenvalue weighted by molar-refractivity contribution is 6.15. The molecule has 0 fully saturated rings. The van der Waals surface area contributed by atoms with Crippen LogP contribution in [0.15, 0.2) is 133 Å². The summed E-state index contributed by atoms with van der Waals surface area (Å²) < 4.78 is 4.28. The van der Waals surface area contributed by atoms with Crippen molar-refractivity contribution >= 4 is 49.3 Å². The van der Waals surface area contributed by atoms with Crippen molar-refractivity contribution < 1.29 is 0 Å². The minimum Gasteiger partial charge on any atom is -0.309 e. The highest BCUT2D eigenvalue weighted by atomic mass is 15.0. The molecule has 0 amide bonds. The second-order valence-corrected chi connectivity index (χ2v) is 14.5. The summed E-state index contributed by atoms with van der Waals surface area (Å²) >= 11 is 0. The van der Waals surface area contributed by atoms with Crippen molar-refractivity contribution in [2.75, 3.05) is 0 Å². The summed E-state index contributed by atoms with van der Waals surface area (Å²) in [5.41, 5.74) is 11.3. The van der Waals surface area contributed by atoms with Gasteiger partial charge in [0.25, 0.3) is 0 Å². The molecular formula is C49H28N6. The van der Waals surface area contributed by atoms with E-state index >= 15 is 0 Å². The molecule has 0 spiro atoms. The van der Waals surface area contributed by atoms with Gasteiger partial charge in [0.2, 0.25) is 0 Å². The Morgan fingerprint density at radius 1 is 0.545 bits per heavy atom. The van der Waals surface area contributed by atoms with Crippen molar-refractivity contribution in [3.63, 3.8) is 0 Å². The molecule has 0 aliphatic heterocycles. The predicted octanol–water partition coefficient (Wildman–Crippen LogP) is 12.0. The Hall–Kier alpha value is -7.90. The number of nitriles is 3. The largest absolute Gasteiger partial charge is 0.309 e. The van der Waals surface area contributed by atoms with Crippen molar-refractivity contribution in [3.8, 4) is 51.8 Å². The van der Waals surface area contributed by atoms with Gasteiger partial charge in [-0.2, -0.15) is 15.8 Å². The van der Waals surface area contributed by atoms with Gasteiger partial charge in [0.1, 0.15) is 18.2 Å². The zero-order chi connectivity index (χ0) is 37.6. The van der Waals surface area contributed by atoms with Gasteiger partial charge in [0.15, 0.2) is 5.69 Å². The number of hydrogen-bond donors (Lipinski definition) is 0. The van der Waals surface area contributed by atoms with E-state index < -0.39 is 0 Å². The topological polar surface area (TPSA) is 85.6 Å². The van der Waals surface area contributed by atoms with Gasteiger partial charge in [-0.05, 0) is 70.3 Å². The van der Waals surface area contributed by atoms with Gasteiger partial charge in [-0.3, -0.25) is 0 Å². The fraction of sp³-hybridized carbons (Fsp3) is 0.0612. The highest BCUT2D eigenvalue weighted by Crippen LogP contribution is 2.54. The summed E-state index contributed by atoms with van der Waals surface area (Å²) in [5.74, 6) is 0. The second-order valence-electron chi connectivity index (χ2n) is 14.5. The molecule has 1 aliphatic carbocycles. The Kier molecular flexibility index (Phi) is 6.68. The van der Waals surface area contributed by atoms with Crippen LogP contribution in [0.5, 0.6) is 0 Å². The first-order valence-corrected chi connectivity index (χ1v) is 18.0. The van der Waals surface area contributed by atoms with E-state index in [1.165, 1.54) is 22.3 Å². The van der Waals surface area contributed by atoms with E-state index in [1.54, 1.807) is 12.1 Å². The lowest BCUT2D eigenvalue weighted by Crippen LogP contribution is -2.15. The van der Waals surface area contributed by atoms with Crippen LogP contribution in [0.3, 0.4) is 0 Å². The maximum absolute atomic E-state index is 11.1. The van der Waals surface area contributed by atoms with E-state index in [0.29, 0.717) is 22.5 Å². The molecule has 9 aromatic rings. The van der Waals surface area contributed by atoms with E-state index in [2.05, 4.69) is 119 Å². The molecule has 2 aromatic heterocycles. The molecule has 10 rings (SSSR count). The van der Waals surface area contributed by atoms with Gasteiger partial charge >= 0.3 is 0 Å². The van der Waals surface area contributed by atoms with Crippen LogP contribution >= 0.6 is 0 Å². The van der Waals surface area contributed by atoms with E-state index in [-0.39, 0.29) is 22.1 Å². The lowest BCUT2D eigenvalue weighted by Gasteiger charge is -2.23. The van der Waals surface area contributed by atoms with Crippen molar-refractivity contribution in [1.82, 2.24) is 9.13 Å². The number of rotatable bonds is 3. The first-order chi connectivity index (χ1) is 26.9. The zero-order valence-corrected chi connectivity index (χ0v) is 29.9. The molecule has 0 N–H and O–H groups in total. The molecule has 2 heterocycles. The minimum atomic E-state index is -0.322. The van der Waals surface area contributed by atoms with Crippen LogP contribution in [0.2, 0.25) is 0 Å². The fourth-order valence-electron chi connectivity index (χ4n) is 9.18. The molecule has 0 radical (unpaired) electrons. The number of fused-ring (bicyclic) bond motifs is 10. The number of para-hydroxylation sites is 3. The van der Waals surface area contributed by atoms with E-state index in [9.17, 15) is 15.8 Å². The van der Waals surface area contributed by atoms with Crippen molar-refractivity contribution in [2.24, 2.45) is 0 Å². The average Bonchev–Trinajstić information content (AvgIpc) is 3.82. The van der Waals surface area contributed by atoms with Crippen LogP contribution < -0.4 is 0 Å². The molecule has 55 heavy (non-hydrogen) atoms. The Labute approximate surface area is 317 Å². The third kappa shape index (κ3) is 4.20. The summed E-state index contributed by atoms with van der Waals surface area (Å²) in [4.78, 5) is 3.84. The van der Waals surface area contributed by atoms with Gasteiger partial charge in [-0.1, -0.05) is 105 Å². The van der Waals surface area contributed by atoms with Gasteiger partial charge in [0, 0.05) is 32.5 Å².